The van der Waals surface area contributed by atoms with E-state index in [1.807, 2.05) is 13.0 Å². The van der Waals surface area contributed by atoms with Gasteiger partial charge >= 0.3 is 0 Å². The fraction of sp³-hybridized carbons (Fsp3) is 0.286. The number of aryl methyl sites for hydroxylation is 1. The molecule has 0 saturated carbocycles. The SMILES string of the molecule is Cc1ccncc1NN=[N+](C)[O-]. The Morgan fingerprint density at radius 2 is 2.42 bits per heavy atom. The first kappa shape index (κ1) is 8.45. The molecule has 0 bridgehead atoms. The summed E-state index contributed by atoms with van der Waals surface area (Å²) >= 11 is 0. The summed E-state index contributed by atoms with van der Waals surface area (Å²) in [6, 6.07) is 1.84. The van der Waals surface area contributed by atoms with Crippen LogP contribution in [0, 0.1) is 12.1 Å². The van der Waals surface area contributed by atoms with Gasteiger partial charge in [0.25, 0.3) is 0 Å². The highest BCUT2D eigenvalue weighted by Crippen LogP contribution is 2.10. The zero-order valence-electron chi connectivity index (χ0n) is 6.98. The number of hydrogen-bond donors (Lipinski definition) is 1. The van der Waals surface area contributed by atoms with Gasteiger partial charge in [-0.1, -0.05) is 0 Å². The van der Waals surface area contributed by atoms with Crippen LogP contribution in [0.2, 0.25) is 0 Å². The molecule has 5 heteroatoms. The number of nitrogens with zero attached hydrogens (tertiary/aromatic N) is 3. The van der Waals surface area contributed by atoms with Gasteiger partial charge < -0.3 is 5.21 Å². The number of pyridine rings is 1. The number of anilines is 1. The van der Waals surface area contributed by atoms with E-state index in [4.69, 9.17) is 0 Å². The lowest BCUT2D eigenvalue weighted by Crippen LogP contribution is -1.98. The maximum absolute atomic E-state index is 10.4. The van der Waals surface area contributed by atoms with Gasteiger partial charge in [0, 0.05) is 11.8 Å². The van der Waals surface area contributed by atoms with Gasteiger partial charge in [-0.15, -0.1) is 5.43 Å². The molecule has 1 N–H and O–H groups in total. The van der Waals surface area contributed by atoms with E-state index >= 15 is 0 Å². The number of hydrogen-bond acceptors (Lipinski definition) is 3. The predicted octanol–water partition coefficient (Wildman–Crippen LogP) is 1.31. The van der Waals surface area contributed by atoms with Crippen molar-refractivity contribution >= 4 is 5.69 Å². The highest BCUT2D eigenvalue weighted by molar-refractivity contribution is 5.46. The molecule has 0 unspecified atom stereocenters. The molecule has 0 amide bonds. The van der Waals surface area contributed by atoms with Crippen LogP contribution in [0.5, 0.6) is 0 Å². The van der Waals surface area contributed by atoms with Gasteiger partial charge in [0.05, 0.1) is 11.4 Å². The Morgan fingerprint density at radius 1 is 1.67 bits per heavy atom. The van der Waals surface area contributed by atoms with Crippen molar-refractivity contribution in [2.45, 2.75) is 6.92 Å². The number of rotatable bonds is 2. The van der Waals surface area contributed by atoms with Crippen LogP contribution >= 0.6 is 0 Å². The van der Waals surface area contributed by atoms with Crippen LogP contribution in [0.1, 0.15) is 5.56 Å². The zero-order chi connectivity index (χ0) is 8.97. The Balaban J connectivity index is 2.76. The second-order valence-corrected chi connectivity index (χ2v) is 2.37. The summed E-state index contributed by atoms with van der Waals surface area (Å²) in [5.41, 5.74) is 4.32. The summed E-state index contributed by atoms with van der Waals surface area (Å²) in [6.07, 6.45) is 3.30. The maximum Gasteiger partial charge on any atom is 0.168 e. The first-order valence-electron chi connectivity index (χ1n) is 3.48. The molecular weight excluding hydrogens is 156 g/mol. The lowest BCUT2D eigenvalue weighted by Gasteiger charge is -1.99. The zero-order valence-corrected chi connectivity index (χ0v) is 6.98. The maximum atomic E-state index is 10.4. The molecule has 1 rings (SSSR count). The lowest BCUT2D eigenvalue weighted by atomic mass is 10.3. The van der Waals surface area contributed by atoms with E-state index < -0.39 is 0 Å². The van der Waals surface area contributed by atoms with Crippen molar-refractivity contribution in [3.8, 4) is 0 Å². The van der Waals surface area contributed by atoms with Crippen molar-refractivity contribution in [1.29, 1.82) is 0 Å². The summed E-state index contributed by atoms with van der Waals surface area (Å²) in [4.78, 5) is 4.33. The summed E-state index contributed by atoms with van der Waals surface area (Å²) in [6.45, 7) is 1.91. The Labute approximate surface area is 70.3 Å². The van der Waals surface area contributed by atoms with Crippen molar-refractivity contribution < 1.29 is 4.86 Å². The van der Waals surface area contributed by atoms with Gasteiger partial charge in [0.1, 0.15) is 7.05 Å². The van der Waals surface area contributed by atoms with Crippen LogP contribution in [0.15, 0.2) is 23.7 Å². The average molecular weight is 166 g/mol. The highest BCUT2D eigenvalue weighted by atomic mass is 16.5. The van der Waals surface area contributed by atoms with Crippen molar-refractivity contribution in [3.63, 3.8) is 0 Å². The second kappa shape index (κ2) is 3.66. The fourth-order valence-electron chi connectivity index (χ4n) is 0.705. The molecule has 0 aliphatic heterocycles. The molecule has 64 valence electrons. The second-order valence-electron chi connectivity index (χ2n) is 2.37. The van der Waals surface area contributed by atoms with Crippen molar-refractivity contribution in [2.24, 2.45) is 5.22 Å². The molecule has 0 spiro atoms. The van der Waals surface area contributed by atoms with Crippen molar-refractivity contribution in [1.82, 2.24) is 4.98 Å². The minimum atomic E-state index is 0.451. The third-order valence-electron chi connectivity index (χ3n) is 1.35. The standard InChI is InChI=1S/C7H10N4O/c1-6-3-4-8-5-7(6)9-10-11(2)12/h3-5,9H,1-2H3. The minimum absolute atomic E-state index is 0.451. The third kappa shape index (κ3) is 2.19. The van der Waals surface area contributed by atoms with Crippen LogP contribution in [0.25, 0.3) is 0 Å². The van der Waals surface area contributed by atoms with Gasteiger partial charge in [-0.05, 0) is 13.0 Å². The largest absolute Gasteiger partial charge is 0.696 e. The summed E-state index contributed by atoms with van der Waals surface area (Å²) in [5, 5.41) is 13.8. The van der Waals surface area contributed by atoms with Crippen molar-refractivity contribution in [2.75, 3.05) is 12.5 Å². The molecule has 0 radical (unpaired) electrons. The Hall–Kier alpha value is -1.65. The van der Waals surface area contributed by atoms with Gasteiger partial charge in [-0.25, -0.2) is 0 Å². The van der Waals surface area contributed by atoms with Crippen LogP contribution in [0.4, 0.5) is 5.69 Å². The van der Waals surface area contributed by atoms with Crippen LogP contribution in [-0.2, 0) is 0 Å². The number of hydroxylamine groups is 1. The van der Waals surface area contributed by atoms with Gasteiger partial charge in [-0.3, -0.25) is 4.98 Å². The normalized spacial score (nSPS) is 11.3. The average Bonchev–Trinajstić information content (AvgIpc) is 2.03. The lowest BCUT2D eigenvalue weighted by molar-refractivity contribution is -0.497. The van der Waals surface area contributed by atoms with Crippen LogP contribution < -0.4 is 5.43 Å². The Morgan fingerprint density at radius 3 is 3.00 bits per heavy atom. The molecule has 1 heterocycles. The number of aromatic nitrogens is 1. The monoisotopic (exact) mass is 166 g/mol. The molecule has 12 heavy (non-hydrogen) atoms. The molecule has 5 nitrogen and oxygen atoms in total. The summed E-state index contributed by atoms with van der Waals surface area (Å²) in [5.74, 6) is 0. The first-order chi connectivity index (χ1) is 5.70. The van der Waals surface area contributed by atoms with Crippen molar-refractivity contribution in [3.05, 3.63) is 29.2 Å². The first-order valence-corrected chi connectivity index (χ1v) is 3.48. The molecule has 0 aliphatic rings. The Kier molecular flexibility index (Phi) is 2.57. The van der Waals surface area contributed by atoms with E-state index in [2.05, 4.69) is 15.6 Å². The van der Waals surface area contributed by atoms with E-state index in [1.165, 1.54) is 7.05 Å². The quantitative estimate of drug-likeness (QED) is 0.409. The number of nitrogens with one attached hydrogen (secondary N) is 1. The molecular formula is C7H10N4O. The predicted molar refractivity (Wildman–Crippen MR) is 44.6 cm³/mol. The minimum Gasteiger partial charge on any atom is -0.696 e. The molecule has 0 fully saturated rings. The Bertz CT molecular complexity index is 293. The molecule has 0 aromatic carbocycles. The third-order valence-corrected chi connectivity index (χ3v) is 1.35. The van der Waals surface area contributed by atoms with E-state index in [-0.39, 0.29) is 0 Å². The molecule has 0 atom stereocenters. The van der Waals surface area contributed by atoms with Gasteiger partial charge in [0.15, 0.2) is 5.69 Å². The molecule has 1 aromatic rings. The summed E-state index contributed by atoms with van der Waals surface area (Å²) < 4.78 is 0. The van der Waals surface area contributed by atoms with Crippen LogP contribution in [0.3, 0.4) is 0 Å². The van der Waals surface area contributed by atoms with Crippen LogP contribution in [-0.4, -0.2) is 16.9 Å². The van der Waals surface area contributed by atoms with E-state index in [1.54, 1.807) is 12.4 Å². The summed E-state index contributed by atoms with van der Waals surface area (Å²) in [7, 11) is 1.30. The van der Waals surface area contributed by atoms with E-state index in [9.17, 15) is 5.21 Å². The fourth-order valence-corrected chi connectivity index (χ4v) is 0.705. The highest BCUT2D eigenvalue weighted by Gasteiger charge is 1.98. The molecule has 0 saturated heterocycles. The van der Waals surface area contributed by atoms with E-state index in [0.717, 1.165) is 11.3 Å². The smallest absolute Gasteiger partial charge is 0.168 e. The van der Waals surface area contributed by atoms with E-state index in [0.29, 0.717) is 4.86 Å². The van der Waals surface area contributed by atoms with Gasteiger partial charge in [0.2, 0.25) is 0 Å². The molecule has 0 aliphatic carbocycles. The topological polar surface area (TPSA) is 63.3 Å². The van der Waals surface area contributed by atoms with Gasteiger partial charge in [-0.2, -0.15) is 4.86 Å². The molecule has 1 aromatic heterocycles.